The molecule has 0 bridgehead atoms. The fourth-order valence-electron chi connectivity index (χ4n) is 1.56. The number of ketones is 1. The van der Waals surface area contributed by atoms with Crippen LogP contribution in [0.1, 0.15) is 15.9 Å². The van der Waals surface area contributed by atoms with Gasteiger partial charge in [-0.2, -0.15) is 5.26 Å². The largest absolute Gasteiger partial charge is 0.293 e. The van der Waals surface area contributed by atoms with Gasteiger partial charge in [-0.1, -0.05) is 17.7 Å². The van der Waals surface area contributed by atoms with Gasteiger partial charge in [0.05, 0.1) is 6.07 Å². The molecular formula is C10H6ClNO. The Morgan fingerprint density at radius 2 is 2.31 bits per heavy atom. The molecule has 64 valence electrons. The number of Topliss-reactive ketones (excluding diaryl/α,β-unsaturated/α-hetero) is 1. The Bertz CT molecular complexity index is 419. The van der Waals surface area contributed by atoms with Crippen LogP contribution >= 0.6 is 11.6 Å². The molecule has 3 heteroatoms. The molecular weight excluding hydrogens is 186 g/mol. The Morgan fingerprint density at radius 3 is 3.00 bits per heavy atom. The average Bonchev–Trinajstić information content (AvgIpc) is 2.44. The van der Waals surface area contributed by atoms with Gasteiger partial charge in [0.15, 0.2) is 5.78 Å². The monoisotopic (exact) mass is 191 g/mol. The van der Waals surface area contributed by atoms with E-state index in [9.17, 15) is 4.79 Å². The molecule has 0 saturated carbocycles. The van der Waals surface area contributed by atoms with Crippen molar-refractivity contribution in [1.29, 1.82) is 5.26 Å². The molecule has 1 aliphatic carbocycles. The van der Waals surface area contributed by atoms with Crippen molar-refractivity contribution in [3.8, 4) is 6.07 Å². The second-order valence-electron chi connectivity index (χ2n) is 3.05. The summed E-state index contributed by atoms with van der Waals surface area (Å²) in [6.45, 7) is 0. The minimum atomic E-state index is -0.506. The van der Waals surface area contributed by atoms with E-state index < -0.39 is 5.92 Å². The van der Waals surface area contributed by atoms with Crippen LogP contribution in [0, 0.1) is 17.2 Å². The van der Waals surface area contributed by atoms with Crippen molar-refractivity contribution in [2.24, 2.45) is 5.92 Å². The summed E-state index contributed by atoms with van der Waals surface area (Å²) in [5, 5.41) is 9.22. The first-order valence-corrected chi connectivity index (χ1v) is 4.32. The van der Waals surface area contributed by atoms with Crippen molar-refractivity contribution in [2.45, 2.75) is 6.42 Å². The van der Waals surface area contributed by atoms with Crippen LogP contribution in [-0.2, 0) is 6.42 Å². The summed E-state index contributed by atoms with van der Waals surface area (Å²) in [6, 6.07) is 7.18. The minimum absolute atomic E-state index is 0.0972. The van der Waals surface area contributed by atoms with Gasteiger partial charge in [0, 0.05) is 10.6 Å². The first kappa shape index (κ1) is 8.28. The maximum Gasteiger partial charge on any atom is 0.180 e. The third-order valence-electron chi connectivity index (χ3n) is 2.23. The van der Waals surface area contributed by atoms with Gasteiger partial charge in [-0.15, -0.1) is 0 Å². The predicted molar refractivity (Wildman–Crippen MR) is 48.6 cm³/mol. The highest BCUT2D eigenvalue weighted by Gasteiger charge is 2.30. The summed E-state index contributed by atoms with van der Waals surface area (Å²) in [7, 11) is 0. The second kappa shape index (κ2) is 2.86. The summed E-state index contributed by atoms with van der Waals surface area (Å²) in [5.74, 6) is -0.603. The van der Waals surface area contributed by atoms with E-state index in [-0.39, 0.29) is 5.78 Å². The third kappa shape index (κ3) is 1.22. The van der Waals surface area contributed by atoms with E-state index in [1.807, 2.05) is 12.1 Å². The molecule has 0 N–H and O–H groups in total. The first-order valence-electron chi connectivity index (χ1n) is 3.94. The number of nitrogens with zero attached hydrogens (tertiary/aromatic N) is 1. The molecule has 0 fully saturated rings. The molecule has 0 aromatic heterocycles. The highest BCUT2D eigenvalue weighted by molar-refractivity contribution is 6.31. The number of carbonyl (C=O) groups excluding carboxylic acids is 1. The SMILES string of the molecule is N#CC1Cc2ccc(Cl)cc2C1=O. The third-order valence-corrected chi connectivity index (χ3v) is 2.47. The molecule has 0 heterocycles. The summed E-state index contributed by atoms with van der Waals surface area (Å²) in [5.41, 5.74) is 1.54. The Balaban J connectivity index is 2.52. The number of rotatable bonds is 0. The van der Waals surface area contributed by atoms with Gasteiger partial charge in [-0.25, -0.2) is 0 Å². The zero-order chi connectivity index (χ0) is 9.42. The zero-order valence-corrected chi connectivity index (χ0v) is 7.51. The van der Waals surface area contributed by atoms with Crippen molar-refractivity contribution in [3.63, 3.8) is 0 Å². The summed E-state index contributed by atoms with van der Waals surface area (Å²) in [6.07, 6.45) is 0.530. The van der Waals surface area contributed by atoms with Gasteiger partial charge < -0.3 is 0 Å². The van der Waals surface area contributed by atoms with E-state index in [0.717, 1.165) is 5.56 Å². The van der Waals surface area contributed by atoms with E-state index >= 15 is 0 Å². The van der Waals surface area contributed by atoms with Crippen LogP contribution in [0.15, 0.2) is 18.2 Å². The van der Waals surface area contributed by atoms with Crippen LogP contribution in [-0.4, -0.2) is 5.78 Å². The number of halogens is 1. The lowest BCUT2D eigenvalue weighted by Gasteiger charge is -1.95. The number of fused-ring (bicyclic) bond motifs is 1. The smallest absolute Gasteiger partial charge is 0.180 e. The van der Waals surface area contributed by atoms with E-state index in [1.54, 1.807) is 12.1 Å². The maximum absolute atomic E-state index is 11.5. The Morgan fingerprint density at radius 1 is 1.54 bits per heavy atom. The number of hydrogen-bond donors (Lipinski definition) is 0. The predicted octanol–water partition coefficient (Wildman–Crippen LogP) is 2.22. The zero-order valence-electron chi connectivity index (χ0n) is 6.75. The summed E-state index contributed by atoms with van der Waals surface area (Å²) >= 11 is 5.74. The highest BCUT2D eigenvalue weighted by atomic mass is 35.5. The standard InChI is InChI=1S/C10H6ClNO/c11-8-2-1-6-3-7(5-12)10(13)9(6)4-8/h1-2,4,7H,3H2. The van der Waals surface area contributed by atoms with Crippen molar-refractivity contribution in [3.05, 3.63) is 34.3 Å². The van der Waals surface area contributed by atoms with E-state index in [2.05, 4.69) is 0 Å². The number of benzene rings is 1. The second-order valence-corrected chi connectivity index (χ2v) is 3.49. The molecule has 0 spiro atoms. The van der Waals surface area contributed by atoms with Crippen LogP contribution in [0.25, 0.3) is 0 Å². The summed E-state index contributed by atoms with van der Waals surface area (Å²) in [4.78, 5) is 11.5. The van der Waals surface area contributed by atoms with Gasteiger partial charge in [-0.3, -0.25) is 4.79 Å². The lowest BCUT2D eigenvalue weighted by Crippen LogP contribution is -2.05. The molecule has 1 atom stereocenters. The van der Waals surface area contributed by atoms with E-state index in [4.69, 9.17) is 16.9 Å². The molecule has 1 aromatic rings. The van der Waals surface area contributed by atoms with Crippen molar-refractivity contribution in [2.75, 3.05) is 0 Å². The van der Waals surface area contributed by atoms with Gasteiger partial charge in [-0.05, 0) is 24.1 Å². The first-order chi connectivity index (χ1) is 6.22. The Hall–Kier alpha value is -1.33. The fourth-order valence-corrected chi connectivity index (χ4v) is 1.73. The molecule has 13 heavy (non-hydrogen) atoms. The molecule has 0 amide bonds. The van der Waals surface area contributed by atoms with Crippen LogP contribution in [0.2, 0.25) is 5.02 Å². The topological polar surface area (TPSA) is 40.9 Å². The Kier molecular flexibility index (Phi) is 1.82. The minimum Gasteiger partial charge on any atom is -0.293 e. The van der Waals surface area contributed by atoms with Crippen molar-refractivity contribution >= 4 is 17.4 Å². The lowest BCUT2D eigenvalue weighted by molar-refractivity contribution is 0.0963. The van der Waals surface area contributed by atoms with E-state index in [1.165, 1.54) is 0 Å². The van der Waals surface area contributed by atoms with Crippen LogP contribution in [0.3, 0.4) is 0 Å². The number of hydrogen-bond acceptors (Lipinski definition) is 2. The van der Waals surface area contributed by atoms with Crippen LogP contribution < -0.4 is 0 Å². The molecule has 0 radical (unpaired) electrons. The van der Waals surface area contributed by atoms with Gasteiger partial charge >= 0.3 is 0 Å². The van der Waals surface area contributed by atoms with E-state index in [0.29, 0.717) is 17.0 Å². The highest BCUT2D eigenvalue weighted by Crippen LogP contribution is 2.28. The number of nitriles is 1. The van der Waals surface area contributed by atoms with Crippen molar-refractivity contribution in [1.82, 2.24) is 0 Å². The van der Waals surface area contributed by atoms with Gasteiger partial charge in [0.1, 0.15) is 5.92 Å². The molecule has 1 aliphatic rings. The van der Waals surface area contributed by atoms with Crippen molar-refractivity contribution < 1.29 is 4.79 Å². The van der Waals surface area contributed by atoms with Gasteiger partial charge in [0.2, 0.25) is 0 Å². The average molecular weight is 192 g/mol. The molecule has 1 aromatic carbocycles. The Labute approximate surface area is 80.7 Å². The fraction of sp³-hybridized carbons (Fsp3) is 0.200. The van der Waals surface area contributed by atoms with Crippen LogP contribution in [0.4, 0.5) is 0 Å². The maximum atomic E-state index is 11.5. The van der Waals surface area contributed by atoms with Gasteiger partial charge in [0.25, 0.3) is 0 Å². The molecule has 1 unspecified atom stereocenters. The number of carbonyl (C=O) groups is 1. The lowest BCUT2D eigenvalue weighted by atomic mass is 10.1. The molecule has 0 saturated heterocycles. The van der Waals surface area contributed by atoms with Crippen LogP contribution in [0.5, 0.6) is 0 Å². The quantitative estimate of drug-likeness (QED) is 0.631. The molecule has 2 nitrogen and oxygen atoms in total. The molecule has 0 aliphatic heterocycles. The summed E-state index contributed by atoms with van der Waals surface area (Å²) < 4.78 is 0. The normalized spacial score (nSPS) is 19.7. The molecule has 2 rings (SSSR count).